The Morgan fingerprint density at radius 1 is 0.636 bits per heavy atom. The molecule has 0 saturated carbocycles. The summed E-state index contributed by atoms with van der Waals surface area (Å²) in [5.74, 6) is -1.81. The van der Waals surface area contributed by atoms with Crippen molar-refractivity contribution in [1.82, 2.24) is 0 Å². The molecule has 7 nitrogen and oxygen atoms in total. The number of phenolic OH excluding ortho intramolecular Hbond substituents is 1. The van der Waals surface area contributed by atoms with Crippen LogP contribution in [0.15, 0.2) is 88.7 Å². The molecule has 4 aromatic rings. The maximum atomic E-state index is 11.0. The number of aromatic hydroxyl groups is 1. The largest absolute Gasteiger partial charge is 0.507 e. The van der Waals surface area contributed by atoms with Gasteiger partial charge in [0.15, 0.2) is 0 Å². The molecule has 4 aromatic carbocycles. The van der Waals surface area contributed by atoms with Gasteiger partial charge in [-0.1, -0.05) is 6.07 Å². The van der Waals surface area contributed by atoms with Crippen LogP contribution in [0.2, 0.25) is 0 Å². The fourth-order valence-electron chi connectivity index (χ4n) is 2.98. The average molecular weight is 479 g/mol. The van der Waals surface area contributed by atoms with E-state index in [0.717, 1.165) is 21.4 Å². The van der Waals surface area contributed by atoms with Gasteiger partial charge in [0.05, 0.1) is 16.0 Å². The molecule has 0 unspecified atom stereocenters. The van der Waals surface area contributed by atoms with Gasteiger partial charge in [-0.3, -0.25) is 0 Å². The van der Waals surface area contributed by atoms with E-state index >= 15 is 0 Å². The van der Waals surface area contributed by atoms with Crippen molar-refractivity contribution in [3.05, 3.63) is 90.0 Å². The van der Waals surface area contributed by atoms with Crippen LogP contribution in [-0.4, -0.2) is 27.3 Å². The standard InChI is InChI=1S/C24H18N2O5S2/c27-21-12-16-5-10-20(32-25-18-6-1-14(2-7-18)23(28)29)11-17(16)13-22(21)33-26-19-8-3-15(4-9-19)24(30)31/h1-13,25-27H,(H,28,29)(H,30,31). The Morgan fingerprint density at radius 3 is 1.73 bits per heavy atom. The molecule has 0 atom stereocenters. The minimum atomic E-state index is -0.984. The smallest absolute Gasteiger partial charge is 0.335 e. The second kappa shape index (κ2) is 9.76. The van der Waals surface area contributed by atoms with E-state index in [1.54, 1.807) is 42.5 Å². The summed E-state index contributed by atoms with van der Waals surface area (Å²) in [7, 11) is 0. The van der Waals surface area contributed by atoms with Crippen molar-refractivity contribution in [3.8, 4) is 5.75 Å². The van der Waals surface area contributed by atoms with Crippen LogP contribution in [0.3, 0.4) is 0 Å². The number of carbonyl (C=O) groups is 2. The van der Waals surface area contributed by atoms with Crippen LogP contribution in [0.25, 0.3) is 10.8 Å². The zero-order valence-corrected chi connectivity index (χ0v) is 18.6. The summed E-state index contributed by atoms with van der Waals surface area (Å²) in [6.07, 6.45) is 0. The second-order valence-electron chi connectivity index (χ2n) is 7.00. The van der Waals surface area contributed by atoms with Gasteiger partial charge >= 0.3 is 11.9 Å². The Labute approximate surface area is 197 Å². The van der Waals surface area contributed by atoms with Crippen LogP contribution in [0.1, 0.15) is 20.7 Å². The lowest BCUT2D eigenvalue weighted by Crippen LogP contribution is -1.96. The monoisotopic (exact) mass is 478 g/mol. The number of anilines is 2. The highest BCUT2D eigenvalue weighted by molar-refractivity contribution is 8.01. The van der Waals surface area contributed by atoms with Gasteiger partial charge in [0, 0.05) is 16.3 Å². The number of hydrogen-bond donors (Lipinski definition) is 5. The van der Waals surface area contributed by atoms with E-state index in [1.165, 1.54) is 36.0 Å². The third-order valence-electron chi connectivity index (χ3n) is 4.72. The lowest BCUT2D eigenvalue weighted by molar-refractivity contribution is 0.0686. The Hall–Kier alpha value is -3.82. The highest BCUT2D eigenvalue weighted by Gasteiger charge is 2.08. The molecule has 0 aliphatic rings. The van der Waals surface area contributed by atoms with Gasteiger partial charge in [0.25, 0.3) is 0 Å². The number of carboxylic acid groups (broad SMARTS) is 2. The van der Waals surface area contributed by atoms with E-state index < -0.39 is 11.9 Å². The maximum absolute atomic E-state index is 11.0. The highest BCUT2D eigenvalue weighted by atomic mass is 32.2. The predicted octanol–water partition coefficient (Wildman–Crippen LogP) is 6.18. The van der Waals surface area contributed by atoms with Gasteiger partial charge in [-0.15, -0.1) is 0 Å². The van der Waals surface area contributed by atoms with E-state index in [1.807, 2.05) is 24.3 Å². The lowest BCUT2D eigenvalue weighted by atomic mass is 10.1. The molecule has 4 rings (SSSR count). The number of rotatable bonds is 8. The Bertz CT molecular complexity index is 1330. The van der Waals surface area contributed by atoms with E-state index in [-0.39, 0.29) is 16.9 Å². The summed E-state index contributed by atoms with van der Waals surface area (Å²) in [6, 6.07) is 22.3. The number of nitrogens with one attached hydrogen (secondary N) is 2. The van der Waals surface area contributed by atoms with E-state index in [0.29, 0.717) is 10.6 Å². The summed E-state index contributed by atoms with van der Waals surface area (Å²) in [5, 5.41) is 30.2. The molecule has 9 heteroatoms. The summed E-state index contributed by atoms with van der Waals surface area (Å²) in [4.78, 5) is 23.5. The zero-order chi connectivity index (χ0) is 23.4. The molecule has 0 fully saturated rings. The van der Waals surface area contributed by atoms with Crippen LogP contribution >= 0.6 is 23.9 Å². The quantitative estimate of drug-likeness (QED) is 0.189. The molecule has 0 heterocycles. The molecule has 0 radical (unpaired) electrons. The minimum Gasteiger partial charge on any atom is -0.507 e. The van der Waals surface area contributed by atoms with Crippen molar-refractivity contribution in [2.75, 3.05) is 9.44 Å². The molecule has 0 aliphatic carbocycles. The number of fused-ring (bicyclic) bond motifs is 1. The molecule has 0 bridgehead atoms. The lowest BCUT2D eigenvalue weighted by Gasteiger charge is -2.10. The Balaban J connectivity index is 1.46. The number of carboxylic acids is 2. The molecule has 0 saturated heterocycles. The van der Waals surface area contributed by atoms with Crippen LogP contribution in [0, 0.1) is 0 Å². The third-order valence-corrected chi connectivity index (χ3v) is 6.43. The molecular formula is C24H18N2O5S2. The van der Waals surface area contributed by atoms with Gasteiger partial charge in [0.2, 0.25) is 0 Å². The highest BCUT2D eigenvalue weighted by Crippen LogP contribution is 2.35. The number of hydrogen-bond acceptors (Lipinski definition) is 7. The molecule has 166 valence electrons. The van der Waals surface area contributed by atoms with Crippen molar-refractivity contribution < 1.29 is 24.9 Å². The maximum Gasteiger partial charge on any atom is 0.335 e. The van der Waals surface area contributed by atoms with Crippen molar-refractivity contribution in [3.63, 3.8) is 0 Å². The molecule has 0 amide bonds. The van der Waals surface area contributed by atoms with Gasteiger partial charge < -0.3 is 24.8 Å². The minimum absolute atomic E-state index is 0.138. The fourth-order valence-corrected chi connectivity index (χ4v) is 4.39. The van der Waals surface area contributed by atoms with Gasteiger partial charge in [-0.05, 0) is 107 Å². The summed E-state index contributed by atoms with van der Waals surface area (Å²) in [5.41, 5.74) is 1.93. The first-order valence-electron chi connectivity index (χ1n) is 9.68. The summed E-state index contributed by atoms with van der Waals surface area (Å²) >= 11 is 2.63. The summed E-state index contributed by atoms with van der Waals surface area (Å²) in [6.45, 7) is 0. The van der Waals surface area contributed by atoms with Crippen LogP contribution in [-0.2, 0) is 0 Å². The van der Waals surface area contributed by atoms with Crippen molar-refractivity contribution in [2.45, 2.75) is 9.79 Å². The van der Waals surface area contributed by atoms with E-state index in [4.69, 9.17) is 10.2 Å². The van der Waals surface area contributed by atoms with Crippen LogP contribution in [0.5, 0.6) is 5.75 Å². The zero-order valence-electron chi connectivity index (χ0n) is 17.0. The van der Waals surface area contributed by atoms with Crippen LogP contribution < -0.4 is 9.44 Å². The van der Waals surface area contributed by atoms with Crippen molar-refractivity contribution >= 4 is 58.0 Å². The third kappa shape index (κ3) is 5.51. The second-order valence-corrected chi connectivity index (χ2v) is 8.73. The number of phenols is 1. The average Bonchev–Trinajstić information content (AvgIpc) is 2.82. The van der Waals surface area contributed by atoms with Gasteiger partial charge in [-0.2, -0.15) is 0 Å². The summed E-state index contributed by atoms with van der Waals surface area (Å²) < 4.78 is 6.30. The molecule has 33 heavy (non-hydrogen) atoms. The van der Waals surface area contributed by atoms with Gasteiger partial charge in [-0.25, -0.2) is 9.59 Å². The van der Waals surface area contributed by atoms with E-state index in [9.17, 15) is 14.7 Å². The Morgan fingerprint density at radius 2 is 1.18 bits per heavy atom. The molecule has 0 aliphatic heterocycles. The SMILES string of the molecule is O=C(O)c1ccc(NSc2ccc3cc(O)c(SNc4ccc(C(=O)O)cc4)cc3c2)cc1. The predicted molar refractivity (Wildman–Crippen MR) is 131 cm³/mol. The topological polar surface area (TPSA) is 119 Å². The van der Waals surface area contributed by atoms with Crippen LogP contribution in [0.4, 0.5) is 11.4 Å². The first-order chi connectivity index (χ1) is 15.9. The molecule has 0 aromatic heterocycles. The molecular weight excluding hydrogens is 460 g/mol. The van der Waals surface area contributed by atoms with Crippen molar-refractivity contribution in [1.29, 1.82) is 0 Å². The normalized spacial score (nSPS) is 10.7. The number of benzene rings is 4. The van der Waals surface area contributed by atoms with Gasteiger partial charge in [0.1, 0.15) is 5.75 Å². The molecule has 0 spiro atoms. The molecule has 5 N–H and O–H groups in total. The fraction of sp³-hybridized carbons (Fsp3) is 0. The van der Waals surface area contributed by atoms with E-state index in [2.05, 4.69) is 9.44 Å². The van der Waals surface area contributed by atoms with Crippen molar-refractivity contribution in [2.24, 2.45) is 0 Å². The first kappa shape index (κ1) is 22.4. The Kier molecular flexibility index (Phi) is 6.62. The number of aromatic carboxylic acids is 2. The first-order valence-corrected chi connectivity index (χ1v) is 11.3.